The molecule has 0 aliphatic carbocycles. The third-order valence-electron chi connectivity index (χ3n) is 3.82. The highest BCUT2D eigenvalue weighted by Crippen LogP contribution is 2.17. The van der Waals surface area contributed by atoms with Gasteiger partial charge in [0.25, 0.3) is 0 Å². The average Bonchev–Trinajstić information content (AvgIpc) is 2.55. The predicted molar refractivity (Wildman–Crippen MR) is 94.5 cm³/mol. The summed E-state index contributed by atoms with van der Waals surface area (Å²) in [5.41, 5.74) is 8.68. The monoisotopic (exact) mass is 350 g/mol. The number of hydrogen-bond donors (Lipinski definition) is 2. The molecule has 0 heterocycles. The lowest BCUT2D eigenvalue weighted by molar-refractivity contribution is 0.571. The first-order valence-electron chi connectivity index (χ1n) is 7.84. The first-order valence-corrected chi connectivity index (χ1v) is 9.49. The van der Waals surface area contributed by atoms with Gasteiger partial charge in [-0.1, -0.05) is 50.2 Å². The van der Waals surface area contributed by atoms with E-state index in [1.807, 2.05) is 24.3 Å². The topological polar surface area (TPSA) is 72.2 Å². The Kier molecular flexibility index (Phi) is 6.10. The molecule has 6 heteroatoms. The van der Waals surface area contributed by atoms with E-state index in [1.165, 1.54) is 29.8 Å². The van der Waals surface area contributed by atoms with Gasteiger partial charge in [0.2, 0.25) is 10.0 Å². The molecule has 130 valence electrons. The van der Waals surface area contributed by atoms with Crippen LogP contribution in [0.1, 0.15) is 42.5 Å². The van der Waals surface area contributed by atoms with Gasteiger partial charge in [0.1, 0.15) is 5.82 Å². The molecule has 4 nitrogen and oxygen atoms in total. The Morgan fingerprint density at radius 2 is 1.54 bits per heavy atom. The zero-order chi connectivity index (χ0) is 17.7. The molecule has 0 saturated carbocycles. The number of nitrogens with one attached hydrogen (secondary N) is 1. The summed E-state index contributed by atoms with van der Waals surface area (Å²) < 4.78 is 39.6. The first-order chi connectivity index (χ1) is 11.3. The summed E-state index contributed by atoms with van der Waals surface area (Å²) in [6.45, 7) is 4.33. The van der Waals surface area contributed by atoms with Crippen LogP contribution in [0, 0.1) is 5.82 Å². The van der Waals surface area contributed by atoms with E-state index in [0.717, 1.165) is 5.56 Å². The number of rotatable bonds is 7. The Balaban J connectivity index is 1.94. The number of halogens is 1. The fraction of sp³-hybridized carbons (Fsp3) is 0.333. The van der Waals surface area contributed by atoms with E-state index in [1.54, 1.807) is 0 Å². The minimum absolute atomic E-state index is 0.116. The summed E-state index contributed by atoms with van der Waals surface area (Å²) in [4.78, 5) is 0. The standard InChI is InChI=1S/C18H23FN2O2S/c1-13(2)15-5-7-16(8-6-15)18(20)11-21-24(22,23)12-14-3-9-17(19)10-4-14/h3-10,13,18,21H,11-12,20H2,1-2H3. The quantitative estimate of drug-likeness (QED) is 0.806. The third kappa shape index (κ3) is 5.40. The van der Waals surface area contributed by atoms with Gasteiger partial charge in [-0.15, -0.1) is 0 Å². The fourth-order valence-corrected chi connectivity index (χ4v) is 3.48. The Morgan fingerprint density at radius 3 is 2.08 bits per heavy atom. The molecule has 0 fully saturated rings. The lowest BCUT2D eigenvalue weighted by Gasteiger charge is -2.15. The number of nitrogens with two attached hydrogens (primary N) is 1. The highest BCUT2D eigenvalue weighted by Gasteiger charge is 2.14. The predicted octanol–water partition coefficient (Wildman–Crippen LogP) is 3.07. The molecule has 3 N–H and O–H groups in total. The lowest BCUT2D eigenvalue weighted by Crippen LogP contribution is -2.32. The van der Waals surface area contributed by atoms with E-state index >= 15 is 0 Å². The SMILES string of the molecule is CC(C)c1ccc(C(N)CNS(=O)(=O)Cc2ccc(F)cc2)cc1. The average molecular weight is 350 g/mol. The highest BCUT2D eigenvalue weighted by atomic mass is 32.2. The van der Waals surface area contributed by atoms with Gasteiger partial charge in [0, 0.05) is 12.6 Å². The Hall–Kier alpha value is -1.76. The van der Waals surface area contributed by atoms with Crippen molar-refractivity contribution in [3.8, 4) is 0 Å². The van der Waals surface area contributed by atoms with E-state index in [4.69, 9.17) is 5.73 Å². The Bertz CT molecular complexity index is 757. The number of benzene rings is 2. The zero-order valence-corrected chi connectivity index (χ0v) is 14.7. The molecule has 0 bridgehead atoms. The minimum Gasteiger partial charge on any atom is -0.323 e. The molecule has 0 aromatic heterocycles. The molecule has 0 spiro atoms. The molecule has 2 rings (SSSR count). The van der Waals surface area contributed by atoms with Gasteiger partial charge in [-0.2, -0.15) is 0 Å². The second-order valence-electron chi connectivity index (χ2n) is 6.16. The molecule has 0 saturated heterocycles. The van der Waals surface area contributed by atoms with Crippen molar-refractivity contribution in [3.63, 3.8) is 0 Å². The Morgan fingerprint density at radius 1 is 1.00 bits per heavy atom. The van der Waals surface area contributed by atoms with E-state index in [2.05, 4.69) is 18.6 Å². The molecular weight excluding hydrogens is 327 g/mol. The van der Waals surface area contributed by atoms with Crippen molar-refractivity contribution in [2.75, 3.05) is 6.54 Å². The molecule has 0 aliphatic heterocycles. The fourth-order valence-electron chi connectivity index (χ4n) is 2.31. The van der Waals surface area contributed by atoms with Gasteiger partial charge in [-0.25, -0.2) is 17.5 Å². The van der Waals surface area contributed by atoms with Gasteiger partial charge < -0.3 is 5.73 Å². The van der Waals surface area contributed by atoms with Gasteiger partial charge in [0.15, 0.2) is 0 Å². The van der Waals surface area contributed by atoms with E-state index < -0.39 is 21.9 Å². The molecule has 24 heavy (non-hydrogen) atoms. The number of sulfonamides is 1. The molecule has 0 radical (unpaired) electrons. The van der Waals surface area contributed by atoms with Gasteiger partial charge in [-0.3, -0.25) is 0 Å². The van der Waals surface area contributed by atoms with E-state index in [-0.39, 0.29) is 12.3 Å². The number of hydrogen-bond acceptors (Lipinski definition) is 3. The largest absolute Gasteiger partial charge is 0.323 e. The molecule has 2 aromatic carbocycles. The molecule has 1 unspecified atom stereocenters. The second-order valence-corrected chi connectivity index (χ2v) is 7.97. The maximum atomic E-state index is 12.9. The van der Waals surface area contributed by atoms with Crippen molar-refractivity contribution >= 4 is 10.0 Å². The van der Waals surface area contributed by atoms with Crippen LogP contribution < -0.4 is 10.5 Å². The summed E-state index contributed by atoms with van der Waals surface area (Å²) in [7, 11) is -3.52. The van der Waals surface area contributed by atoms with Gasteiger partial charge >= 0.3 is 0 Å². The van der Waals surface area contributed by atoms with Gasteiger partial charge in [-0.05, 0) is 34.7 Å². The summed E-state index contributed by atoms with van der Waals surface area (Å²) in [5, 5.41) is 0. The molecule has 0 aliphatic rings. The van der Waals surface area contributed by atoms with Crippen molar-refractivity contribution < 1.29 is 12.8 Å². The van der Waals surface area contributed by atoms with Crippen molar-refractivity contribution in [1.29, 1.82) is 0 Å². The summed E-state index contributed by atoms with van der Waals surface area (Å²) in [6.07, 6.45) is 0. The van der Waals surface area contributed by atoms with Crippen LogP contribution in [-0.4, -0.2) is 15.0 Å². The summed E-state index contributed by atoms with van der Waals surface area (Å²) >= 11 is 0. The van der Waals surface area contributed by atoms with Crippen LogP contribution in [0.4, 0.5) is 4.39 Å². The second kappa shape index (κ2) is 7.88. The van der Waals surface area contributed by atoms with Crippen LogP contribution >= 0.6 is 0 Å². The maximum Gasteiger partial charge on any atom is 0.215 e. The van der Waals surface area contributed by atoms with Crippen LogP contribution in [0.3, 0.4) is 0 Å². The molecule has 2 aromatic rings. The molecular formula is C18H23FN2O2S. The van der Waals surface area contributed by atoms with Crippen molar-refractivity contribution in [1.82, 2.24) is 4.72 Å². The van der Waals surface area contributed by atoms with Crippen molar-refractivity contribution in [2.45, 2.75) is 31.6 Å². The lowest BCUT2D eigenvalue weighted by atomic mass is 9.99. The van der Waals surface area contributed by atoms with Gasteiger partial charge in [0.05, 0.1) is 5.75 Å². The van der Waals surface area contributed by atoms with Crippen molar-refractivity contribution in [2.24, 2.45) is 5.73 Å². The summed E-state index contributed by atoms with van der Waals surface area (Å²) in [5.74, 6) is -0.160. The van der Waals surface area contributed by atoms with Crippen LogP contribution in [0.5, 0.6) is 0 Å². The zero-order valence-electron chi connectivity index (χ0n) is 13.9. The van der Waals surface area contributed by atoms with Crippen LogP contribution in [0.15, 0.2) is 48.5 Å². The Labute approximate surface area is 142 Å². The van der Waals surface area contributed by atoms with E-state index in [0.29, 0.717) is 11.5 Å². The first kappa shape index (κ1) is 18.6. The molecule has 1 atom stereocenters. The third-order valence-corrected chi connectivity index (χ3v) is 5.14. The molecule has 0 amide bonds. The normalized spacial score (nSPS) is 13.2. The van der Waals surface area contributed by atoms with Crippen LogP contribution in [0.25, 0.3) is 0 Å². The summed E-state index contributed by atoms with van der Waals surface area (Å²) in [6, 6.07) is 12.8. The maximum absolute atomic E-state index is 12.9. The minimum atomic E-state index is -3.52. The highest BCUT2D eigenvalue weighted by molar-refractivity contribution is 7.88. The van der Waals surface area contributed by atoms with Crippen LogP contribution in [0.2, 0.25) is 0 Å². The van der Waals surface area contributed by atoms with Crippen molar-refractivity contribution in [3.05, 3.63) is 71.0 Å². The smallest absolute Gasteiger partial charge is 0.215 e. The van der Waals surface area contributed by atoms with E-state index in [9.17, 15) is 12.8 Å². The van der Waals surface area contributed by atoms with Crippen LogP contribution in [-0.2, 0) is 15.8 Å².